The van der Waals surface area contributed by atoms with Crippen molar-refractivity contribution in [3.63, 3.8) is 0 Å². The molecule has 6 heteroatoms. The van der Waals surface area contributed by atoms with Crippen molar-refractivity contribution in [1.82, 2.24) is 14.8 Å². The Morgan fingerprint density at radius 3 is 1.94 bits per heavy atom. The molecule has 1 aliphatic heterocycles. The Morgan fingerprint density at radius 1 is 0.909 bits per heavy atom. The molecule has 6 nitrogen and oxygen atoms in total. The molecule has 178 valence electrons. The number of aromatic nitrogens is 1. The van der Waals surface area contributed by atoms with Gasteiger partial charge in [0, 0.05) is 38.8 Å². The van der Waals surface area contributed by atoms with Crippen LogP contribution < -0.4 is 0 Å². The Balaban J connectivity index is 1.64. The molecule has 33 heavy (non-hydrogen) atoms. The number of carbonyl (C=O) groups is 2. The summed E-state index contributed by atoms with van der Waals surface area (Å²) in [5, 5.41) is 10.9. The molecule has 0 saturated carbocycles. The van der Waals surface area contributed by atoms with Crippen LogP contribution in [-0.2, 0) is 22.0 Å². The van der Waals surface area contributed by atoms with Gasteiger partial charge in [0.1, 0.15) is 11.4 Å². The van der Waals surface area contributed by atoms with E-state index in [1.165, 1.54) is 0 Å². The van der Waals surface area contributed by atoms with Gasteiger partial charge in [0.15, 0.2) is 0 Å². The van der Waals surface area contributed by atoms with Crippen LogP contribution in [0.3, 0.4) is 0 Å². The van der Waals surface area contributed by atoms with E-state index in [0.29, 0.717) is 50.5 Å². The Labute approximate surface area is 197 Å². The maximum absolute atomic E-state index is 12.9. The number of pyridine rings is 1. The van der Waals surface area contributed by atoms with Gasteiger partial charge in [-0.2, -0.15) is 0 Å². The highest BCUT2D eigenvalue weighted by Crippen LogP contribution is 2.40. The zero-order valence-corrected chi connectivity index (χ0v) is 20.8. The van der Waals surface area contributed by atoms with Crippen LogP contribution in [0.25, 0.3) is 0 Å². The summed E-state index contributed by atoms with van der Waals surface area (Å²) >= 11 is 0. The van der Waals surface area contributed by atoms with E-state index in [9.17, 15) is 14.7 Å². The molecule has 0 radical (unpaired) electrons. The fourth-order valence-electron chi connectivity index (χ4n) is 4.20. The van der Waals surface area contributed by atoms with Crippen LogP contribution in [0.15, 0.2) is 36.5 Å². The summed E-state index contributed by atoms with van der Waals surface area (Å²) in [4.78, 5) is 33.2. The number of benzene rings is 1. The summed E-state index contributed by atoms with van der Waals surface area (Å²) in [5.74, 6) is 0.373. The van der Waals surface area contributed by atoms with Crippen molar-refractivity contribution >= 4 is 11.8 Å². The number of aromatic hydroxyl groups is 1. The van der Waals surface area contributed by atoms with E-state index in [4.69, 9.17) is 0 Å². The zero-order valence-electron chi connectivity index (χ0n) is 20.8. The van der Waals surface area contributed by atoms with Gasteiger partial charge in [-0.05, 0) is 46.1 Å². The van der Waals surface area contributed by atoms with Crippen LogP contribution >= 0.6 is 0 Å². The van der Waals surface area contributed by atoms with Crippen molar-refractivity contribution in [3.05, 3.63) is 58.9 Å². The van der Waals surface area contributed by atoms with Gasteiger partial charge in [-0.25, -0.2) is 0 Å². The number of phenolic OH excluding ortho intramolecular Hbond substituents is 1. The number of hydrogen-bond acceptors (Lipinski definition) is 4. The number of piperazine rings is 1. The highest BCUT2D eigenvalue weighted by Gasteiger charge is 2.28. The van der Waals surface area contributed by atoms with Crippen LogP contribution in [0, 0.1) is 0 Å². The normalized spacial score (nSPS) is 15.0. The smallest absolute Gasteiger partial charge is 0.272 e. The van der Waals surface area contributed by atoms with Crippen molar-refractivity contribution in [3.8, 4) is 5.75 Å². The minimum absolute atomic E-state index is 0.0868. The number of nitrogens with zero attached hydrogens (tertiary/aromatic N) is 3. The molecule has 2 heterocycles. The molecule has 0 unspecified atom stereocenters. The standard InChI is InChI=1S/C27H37N3O3/c1-26(2,3)20-17-19(18-21(24(20)32)27(4,5)6)10-11-23(31)29-13-15-30(16-14-29)25(33)22-9-7-8-12-28-22/h7-9,12,17-18,32H,10-11,13-16H2,1-6H3. The highest BCUT2D eigenvalue weighted by molar-refractivity contribution is 5.92. The monoisotopic (exact) mass is 451 g/mol. The molecule has 3 rings (SSSR count). The average molecular weight is 452 g/mol. The molecule has 0 aliphatic carbocycles. The van der Waals surface area contributed by atoms with Crippen molar-refractivity contribution in [2.75, 3.05) is 26.2 Å². The number of phenols is 1. The molecular weight excluding hydrogens is 414 g/mol. The Hall–Kier alpha value is -2.89. The third-order valence-electron chi connectivity index (χ3n) is 6.22. The van der Waals surface area contributed by atoms with E-state index in [1.807, 2.05) is 17.0 Å². The summed E-state index contributed by atoms with van der Waals surface area (Å²) in [7, 11) is 0. The molecule has 0 bridgehead atoms. The Kier molecular flexibility index (Phi) is 7.15. The number of rotatable bonds is 4. The van der Waals surface area contributed by atoms with Gasteiger partial charge in [0.05, 0.1) is 0 Å². The second-order valence-electron chi connectivity index (χ2n) is 10.9. The van der Waals surface area contributed by atoms with Crippen molar-refractivity contribution in [2.45, 2.75) is 65.2 Å². The first-order valence-corrected chi connectivity index (χ1v) is 11.7. The molecule has 0 spiro atoms. The quantitative estimate of drug-likeness (QED) is 0.752. The lowest BCUT2D eigenvalue weighted by atomic mass is 9.78. The average Bonchev–Trinajstić information content (AvgIpc) is 2.76. The molecule has 2 amide bonds. The van der Waals surface area contributed by atoms with E-state index in [2.05, 4.69) is 46.5 Å². The predicted octanol–water partition coefficient (Wildman–Crippen LogP) is 4.30. The molecule has 2 aromatic rings. The van der Waals surface area contributed by atoms with Crippen LogP contribution in [0.2, 0.25) is 0 Å². The van der Waals surface area contributed by atoms with Gasteiger partial charge in [-0.15, -0.1) is 0 Å². The molecular formula is C27H37N3O3. The fourth-order valence-corrected chi connectivity index (χ4v) is 4.20. The lowest BCUT2D eigenvalue weighted by molar-refractivity contribution is -0.132. The maximum atomic E-state index is 12.9. The van der Waals surface area contributed by atoms with E-state index in [-0.39, 0.29) is 22.6 Å². The third kappa shape index (κ3) is 5.92. The predicted molar refractivity (Wildman–Crippen MR) is 131 cm³/mol. The molecule has 0 atom stereocenters. The van der Waals surface area contributed by atoms with Crippen molar-refractivity contribution in [2.24, 2.45) is 0 Å². The second kappa shape index (κ2) is 9.54. The van der Waals surface area contributed by atoms with Gasteiger partial charge in [0.2, 0.25) is 5.91 Å². The molecule has 1 aromatic heterocycles. The van der Waals surface area contributed by atoms with Gasteiger partial charge >= 0.3 is 0 Å². The van der Waals surface area contributed by atoms with Gasteiger partial charge in [-0.3, -0.25) is 14.6 Å². The molecule has 1 N–H and O–H groups in total. The number of hydrogen-bond donors (Lipinski definition) is 1. The Bertz CT molecular complexity index is 961. The van der Waals surface area contributed by atoms with Crippen LogP contribution in [0.5, 0.6) is 5.75 Å². The van der Waals surface area contributed by atoms with Gasteiger partial charge in [0.25, 0.3) is 5.91 Å². The van der Waals surface area contributed by atoms with Crippen molar-refractivity contribution in [1.29, 1.82) is 0 Å². The Morgan fingerprint density at radius 2 is 1.45 bits per heavy atom. The highest BCUT2D eigenvalue weighted by atomic mass is 16.3. The minimum atomic E-state index is -0.194. The molecule has 1 fully saturated rings. The van der Waals surface area contributed by atoms with E-state index in [1.54, 1.807) is 29.3 Å². The number of carbonyl (C=O) groups excluding carboxylic acids is 2. The first kappa shape index (κ1) is 24.7. The molecule has 1 saturated heterocycles. The topological polar surface area (TPSA) is 73.7 Å². The first-order valence-electron chi connectivity index (χ1n) is 11.7. The number of aryl methyl sites for hydroxylation is 1. The third-order valence-corrected chi connectivity index (χ3v) is 6.22. The second-order valence-corrected chi connectivity index (χ2v) is 10.9. The summed E-state index contributed by atoms with van der Waals surface area (Å²) in [6.07, 6.45) is 2.65. The summed E-state index contributed by atoms with van der Waals surface area (Å²) in [6, 6.07) is 9.40. The maximum Gasteiger partial charge on any atom is 0.272 e. The van der Waals surface area contributed by atoms with Gasteiger partial charge < -0.3 is 14.9 Å². The summed E-state index contributed by atoms with van der Waals surface area (Å²) < 4.78 is 0. The van der Waals surface area contributed by atoms with E-state index < -0.39 is 0 Å². The van der Waals surface area contributed by atoms with Crippen LogP contribution in [-0.4, -0.2) is 57.9 Å². The van der Waals surface area contributed by atoms with E-state index in [0.717, 1.165) is 16.7 Å². The summed E-state index contributed by atoms with van der Waals surface area (Å²) in [5.41, 5.74) is 2.95. The van der Waals surface area contributed by atoms with E-state index >= 15 is 0 Å². The van der Waals surface area contributed by atoms with Crippen LogP contribution in [0.4, 0.5) is 0 Å². The molecule has 1 aromatic carbocycles. The minimum Gasteiger partial charge on any atom is -0.507 e. The first-order chi connectivity index (χ1) is 15.4. The lowest BCUT2D eigenvalue weighted by Gasteiger charge is -2.34. The fraction of sp³-hybridized carbons (Fsp3) is 0.519. The van der Waals surface area contributed by atoms with Crippen LogP contribution in [0.1, 0.15) is 75.1 Å². The number of amides is 2. The zero-order chi connectivity index (χ0) is 24.4. The van der Waals surface area contributed by atoms with Gasteiger partial charge in [-0.1, -0.05) is 59.7 Å². The largest absolute Gasteiger partial charge is 0.507 e. The van der Waals surface area contributed by atoms with Crippen molar-refractivity contribution < 1.29 is 14.7 Å². The SMILES string of the molecule is CC(C)(C)c1cc(CCC(=O)N2CCN(C(=O)c3ccccn3)CC2)cc(C(C)(C)C)c1O. The molecule has 1 aliphatic rings. The summed E-state index contributed by atoms with van der Waals surface area (Å²) in [6.45, 7) is 14.7. The lowest BCUT2D eigenvalue weighted by Crippen LogP contribution is -2.50.